The van der Waals surface area contributed by atoms with Gasteiger partial charge in [0.2, 0.25) is 0 Å². The molecule has 0 amide bonds. The SMILES string of the molecule is CCCCCCCCCCC(CCCCCCCC)CNc1ccccn1. The first-order valence-corrected chi connectivity index (χ1v) is 12.0. The second kappa shape index (κ2) is 18.3. The molecular formula is C25H46N2. The van der Waals surface area contributed by atoms with E-state index in [9.17, 15) is 0 Å². The minimum atomic E-state index is 0.804. The van der Waals surface area contributed by atoms with Crippen molar-refractivity contribution >= 4 is 5.82 Å². The summed E-state index contributed by atoms with van der Waals surface area (Å²) < 4.78 is 0. The van der Waals surface area contributed by atoms with E-state index in [0.29, 0.717) is 0 Å². The summed E-state index contributed by atoms with van der Waals surface area (Å²) in [5, 5.41) is 3.57. The van der Waals surface area contributed by atoms with Crippen molar-refractivity contribution < 1.29 is 0 Å². The van der Waals surface area contributed by atoms with Gasteiger partial charge in [-0.3, -0.25) is 0 Å². The van der Waals surface area contributed by atoms with Gasteiger partial charge in [-0.05, 0) is 30.9 Å². The zero-order valence-corrected chi connectivity index (χ0v) is 18.4. The summed E-state index contributed by atoms with van der Waals surface area (Å²) in [6.07, 6.45) is 24.4. The molecule has 0 aliphatic rings. The van der Waals surface area contributed by atoms with E-state index in [-0.39, 0.29) is 0 Å². The third-order valence-electron chi connectivity index (χ3n) is 5.67. The van der Waals surface area contributed by atoms with Crippen molar-refractivity contribution in [2.45, 2.75) is 117 Å². The van der Waals surface area contributed by atoms with Gasteiger partial charge < -0.3 is 5.32 Å². The normalized spacial score (nSPS) is 12.2. The lowest BCUT2D eigenvalue weighted by Crippen LogP contribution is -2.15. The molecule has 1 N–H and O–H groups in total. The average Bonchev–Trinajstić information content (AvgIpc) is 2.70. The number of aromatic nitrogens is 1. The van der Waals surface area contributed by atoms with Crippen LogP contribution in [0.25, 0.3) is 0 Å². The Bertz CT molecular complexity index is 404. The Balaban J connectivity index is 2.19. The van der Waals surface area contributed by atoms with Gasteiger partial charge in [-0.25, -0.2) is 4.98 Å². The van der Waals surface area contributed by atoms with Crippen LogP contribution >= 0.6 is 0 Å². The number of pyridine rings is 1. The van der Waals surface area contributed by atoms with E-state index >= 15 is 0 Å². The van der Waals surface area contributed by atoms with Crippen LogP contribution in [0.1, 0.15) is 117 Å². The number of unbranched alkanes of at least 4 members (excludes halogenated alkanes) is 12. The lowest BCUT2D eigenvalue weighted by molar-refractivity contribution is 0.418. The molecule has 1 rings (SSSR count). The maximum Gasteiger partial charge on any atom is 0.125 e. The van der Waals surface area contributed by atoms with Gasteiger partial charge in [-0.2, -0.15) is 0 Å². The Kier molecular flexibility index (Phi) is 16.3. The molecule has 0 aliphatic carbocycles. The summed E-state index contributed by atoms with van der Waals surface area (Å²) in [5.74, 6) is 1.83. The molecule has 0 fully saturated rings. The van der Waals surface area contributed by atoms with Crippen molar-refractivity contribution in [2.75, 3.05) is 11.9 Å². The summed E-state index contributed by atoms with van der Waals surface area (Å²) in [4.78, 5) is 4.42. The van der Waals surface area contributed by atoms with E-state index < -0.39 is 0 Å². The van der Waals surface area contributed by atoms with Crippen LogP contribution in [-0.2, 0) is 0 Å². The van der Waals surface area contributed by atoms with Crippen molar-refractivity contribution in [3.05, 3.63) is 24.4 Å². The fraction of sp³-hybridized carbons (Fsp3) is 0.800. The van der Waals surface area contributed by atoms with Gasteiger partial charge in [0.25, 0.3) is 0 Å². The van der Waals surface area contributed by atoms with E-state index in [1.807, 2.05) is 12.3 Å². The quantitative estimate of drug-likeness (QED) is 0.246. The Morgan fingerprint density at radius 1 is 0.704 bits per heavy atom. The molecule has 156 valence electrons. The second-order valence-corrected chi connectivity index (χ2v) is 8.28. The molecule has 2 nitrogen and oxygen atoms in total. The van der Waals surface area contributed by atoms with Gasteiger partial charge in [-0.15, -0.1) is 0 Å². The minimum absolute atomic E-state index is 0.804. The summed E-state index contributed by atoms with van der Waals surface area (Å²) >= 11 is 0. The Morgan fingerprint density at radius 2 is 1.22 bits per heavy atom. The largest absolute Gasteiger partial charge is 0.370 e. The zero-order chi connectivity index (χ0) is 19.4. The monoisotopic (exact) mass is 374 g/mol. The number of hydrogen-bond donors (Lipinski definition) is 1. The van der Waals surface area contributed by atoms with Crippen LogP contribution < -0.4 is 5.32 Å². The summed E-state index contributed by atoms with van der Waals surface area (Å²) in [6, 6.07) is 6.13. The molecule has 0 spiro atoms. The molecule has 0 saturated carbocycles. The van der Waals surface area contributed by atoms with Crippen molar-refractivity contribution in [2.24, 2.45) is 5.92 Å². The van der Waals surface area contributed by atoms with E-state index in [4.69, 9.17) is 0 Å². The second-order valence-electron chi connectivity index (χ2n) is 8.28. The van der Waals surface area contributed by atoms with Crippen LogP contribution in [0.5, 0.6) is 0 Å². The van der Waals surface area contributed by atoms with Gasteiger partial charge >= 0.3 is 0 Å². The lowest BCUT2D eigenvalue weighted by atomic mass is 9.94. The first-order chi connectivity index (χ1) is 13.4. The van der Waals surface area contributed by atoms with Crippen molar-refractivity contribution in [1.82, 2.24) is 4.98 Å². The van der Waals surface area contributed by atoms with Crippen molar-refractivity contribution in [1.29, 1.82) is 0 Å². The van der Waals surface area contributed by atoms with Crippen molar-refractivity contribution in [3.8, 4) is 0 Å². The van der Waals surface area contributed by atoms with Gasteiger partial charge in [0.1, 0.15) is 5.82 Å². The number of rotatable bonds is 19. The Morgan fingerprint density at radius 3 is 1.70 bits per heavy atom. The molecule has 1 unspecified atom stereocenters. The molecular weight excluding hydrogens is 328 g/mol. The highest BCUT2D eigenvalue weighted by atomic mass is 15.0. The highest BCUT2D eigenvalue weighted by Crippen LogP contribution is 2.20. The summed E-state index contributed by atoms with van der Waals surface area (Å²) in [5.41, 5.74) is 0. The van der Waals surface area contributed by atoms with Crippen LogP contribution in [0.3, 0.4) is 0 Å². The first-order valence-electron chi connectivity index (χ1n) is 12.0. The average molecular weight is 375 g/mol. The van der Waals surface area contributed by atoms with Gasteiger partial charge in [0, 0.05) is 12.7 Å². The molecule has 0 radical (unpaired) electrons. The molecule has 0 aliphatic heterocycles. The molecule has 0 bridgehead atoms. The smallest absolute Gasteiger partial charge is 0.125 e. The van der Waals surface area contributed by atoms with E-state index in [0.717, 1.165) is 18.3 Å². The van der Waals surface area contributed by atoms with Crippen LogP contribution in [0, 0.1) is 5.92 Å². The first kappa shape index (κ1) is 24.0. The molecule has 1 atom stereocenters. The number of anilines is 1. The molecule has 1 heterocycles. The molecule has 2 heteroatoms. The maximum absolute atomic E-state index is 4.42. The van der Waals surface area contributed by atoms with Crippen LogP contribution in [0.4, 0.5) is 5.82 Å². The van der Waals surface area contributed by atoms with E-state index in [1.54, 1.807) is 0 Å². The molecule has 0 aromatic carbocycles. The standard InChI is InChI=1S/C25H46N2/c1-3-5-7-9-11-12-14-16-20-24(19-15-13-10-8-6-4-2)23-27-25-21-17-18-22-26-25/h17-18,21-22,24H,3-16,19-20,23H2,1-2H3,(H,26,27). The summed E-state index contributed by atoms with van der Waals surface area (Å²) in [6.45, 7) is 5.68. The van der Waals surface area contributed by atoms with E-state index in [1.165, 1.54) is 103 Å². The van der Waals surface area contributed by atoms with Crippen LogP contribution in [0.15, 0.2) is 24.4 Å². The van der Waals surface area contributed by atoms with Gasteiger partial charge in [0.05, 0.1) is 0 Å². The predicted octanol–water partition coefficient (Wildman–Crippen LogP) is 8.39. The number of nitrogens with zero attached hydrogens (tertiary/aromatic N) is 1. The fourth-order valence-electron chi connectivity index (χ4n) is 3.84. The zero-order valence-electron chi connectivity index (χ0n) is 18.4. The van der Waals surface area contributed by atoms with Gasteiger partial charge in [0.15, 0.2) is 0 Å². The Hall–Kier alpha value is -1.05. The third kappa shape index (κ3) is 14.7. The molecule has 1 aromatic rings. The topological polar surface area (TPSA) is 24.9 Å². The fourth-order valence-corrected chi connectivity index (χ4v) is 3.84. The lowest BCUT2D eigenvalue weighted by Gasteiger charge is -2.18. The third-order valence-corrected chi connectivity index (χ3v) is 5.67. The molecule has 27 heavy (non-hydrogen) atoms. The van der Waals surface area contributed by atoms with Crippen LogP contribution in [-0.4, -0.2) is 11.5 Å². The van der Waals surface area contributed by atoms with Gasteiger partial charge in [-0.1, -0.05) is 110 Å². The molecule has 0 saturated heterocycles. The summed E-state index contributed by atoms with van der Waals surface area (Å²) in [7, 11) is 0. The van der Waals surface area contributed by atoms with E-state index in [2.05, 4.69) is 36.3 Å². The number of hydrogen-bond acceptors (Lipinski definition) is 2. The highest BCUT2D eigenvalue weighted by molar-refractivity contribution is 5.32. The number of nitrogens with one attached hydrogen (secondary N) is 1. The predicted molar refractivity (Wildman–Crippen MR) is 121 cm³/mol. The maximum atomic E-state index is 4.42. The van der Waals surface area contributed by atoms with Crippen LogP contribution in [0.2, 0.25) is 0 Å². The minimum Gasteiger partial charge on any atom is -0.370 e. The highest BCUT2D eigenvalue weighted by Gasteiger charge is 2.09. The Labute approximate surface area is 169 Å². The molecule has 1 aromatic heterocycles. The van der Waals surface area contributed by atoms with Crippen molar-refractivity contribution in [3.63, 3.8) is 0 Å².